The van der Waals surface area contributed by atoms with Gasteiger partial charge in [-0.15, -0.1) is 0 Å². The third-order valence-corrected chi connectivity index (χ3v) is 4.21. The molecule has 4 N–H and O–H groups in total. The summed E-state index contributed by atoms with van der Waals surface area (Å²) in [5, 5.41) is 21.1. The maximum Gasteiger partial charge on any atom is 0.336 e. The summed E-state index contributed by atoms with van der Waals surface area (Å²) in [5.41, 5.74) is 5.32. The van der Waals surface area contributed by atoms with Crippen LogP contribution in [0.3, 0.4) is 0 Å². The molecule has 0 radical (unpaired) electrons. The Kier molecular flexibility index (Phi) is 7.88. The molecule has 2 aromatic rings. The SMILES string of the molecule is Cc1ccc(C(=O)O)c(CONCCCNC(=O)c2cc(C)ccc2C(=O)O)c1. The minimum Gasteiger partial charge on any atom is -0.478 e. The van der Waals surface area contributed by atoms with Crippen LogP contribution >= 0.6 is 0 Å². The van der Waals surface area contributed by atoms with E-state index in [9.17, 15) is 24.6 Å². The fourth-order valence-electron chi connectivity index (χ4n) is 2.74. The molecule has 1 amide bonds. The minimum absolute atomic E-state index is 0.0399. The summed E-state index contributed by atoms with van der Waals surface area (Å²) >= 11 is 0. The van der Waals surface area contributed by atoms with Crippen LogP contribution in [0.2, 0.25) is 0 Å². The summed E-state index contributed by atoms with van der Waals surface area (Å²) in [7, 11) is 0. The Bertz CT molecular complexity index is 910. The van der Waals surface area contributed by atoms with E-state index in [1.54, 1.807) is 37.3 Å². The first-order chi connectivity index (χ1) is 13.8. The summed E-state index contributed by atoms with van der Waals surface area (Å²) in [6, 6.07) is 9.63. The number of amides is 1. The third kappa shape index (κ3) is 6.41. The van der Waals surface area contributed by atoms with Crippen molar-refractivity contribution in [1.82, 2.24) is 10.8 Å². The quantitative estimate of drug-likeness (QED) is 0.357. The smallest absolute Gasteiger partial charge is 0.336 e. The molecule has 0 aliphatic rings. The molecule has 0 saturated carbocycles. The zero-order valence-corrected chi connectivity index (χ0v) is 16.3. The van der Waals surface area contributed by atoms with Crippen molar-refractivity contribution >= 4 is 17.8 Å². The van der Waals surface area contributed by atoms with Gasteiger partial charge >= 0.3 is 11.9 Å². The first-order valence-electron chi connectivity index (χ1n) is 9.09. The lowest BCUT2D eigenvalue weighted by atomic mass is 10.0. The van der Waals surface area contributed by atoms with Crippen molar-refractivity contribution in [2.45, 2.75) is 26.9 Å². The molecule has 0 aliphatic carbocycles. The Morgan fingerprint density at radius 1 is 0.862 bits per heavy atom. The van der Waals surface area contributed by atoms with E-state index in [0.29, 0.717) is 25.1 Å². The number of rotatable bonds is 10. The van der Waals surface area contributed by atoms with Gasteiger partial charge in [0, 0.05) is 13.1 Å². The highest BCUT2D eigenvalue weighted by Gasteiger charge is 2.16. The second-order valence-electron chi connectivity index (χ2n) is 6.61. The number of carboxylic acids is 2. The lowest BCUT2D eigenvalue weighted by Gasteiger charge is -2.10. The summed E-state index contributed by atoms with van der Waals surface area (Å²) in [5.74, 6) is -2.61. The van der Waals surface area contributed by atoms with Gasteiger partial charge in [-0.3, -0.25) is 9.63 Å². The van der Waals surface area contributed by atoms with Crippen molar-refractivity contribution in [2.24, 2.45) is 0 Å². The normalized spacial score (nSPS) is 10.6. The topological polar surface area (TPSA) is 125 Å². The van der Waals surface area contributed by atoms with Crippen LogP contribution in [0.4, 0.5) is 0 Å². The fraction of sp³-hybridized carbons (Fsp3) is 0.286. The number of aromatic carboxylic acids is 2. The molecule has 0 bridgehead atoms. The molecule has 2 rings (SSSR count). The Balaban J connectivity index is 1.75. The first kappa shape index (κ1) is 22.1. The molecule has 0 aliphatic heterocycles. The standard InChI is InChI=1S/C21H24N2O6/c1-13-4-6-16(20(25)26)15(10-13)12-29-23-9-3-8-22-19(24)18-11-14(2)5-7-17(18)21(27)28/h4-7,10-11,23H,3,8-9,12H2,1-2H3,(H,22,24)(H,25,26)(H,27,28). The molecule has 0 spiro atoms. The van der Waals surface area contributed by atoms with Crippen LogP contribution < -0.4 is 10.8 Å². The summed E-state index contributed by atoms with van der Waals surface area (Å²) < 4.78 is 0. The number of hydroxylamine groups is 1. The minimum atomic E-state index is -1.15. The Morgan fingerprint density at radius 2 is 1.48 bits per heavy atom. The molecule has 8 heteroatoms. The Hall–Kier alpha value is -3.23. The Morgan fingerprint density at radius 3 is 2.14 bits per heavy atom. The van der Waals surface area contributed by atoms with Crippen molar-refractivity contribution in [2.75, 3.05) is 13.1 Å². The Labute approximate surface area is 168 Å². The molecule has 0 heterocycles. The average Bonchev–Trinajstić information content (AvgIpc) is 2.66. The lowest BCUT2D eigenvalue weighted by Crippen LogP contribution is -2.28. The van der Waals surface area contributed by atoms with E-state index in [1.807, 2.05) is 6.92 Å². The molecule has 29 heavy (non-hydrogen) atoms. The van der Waals surface area contributed by atoms with Crippen LogP contribution in [0.25, 0.3) is 0 Å². The van der Waals surface area contributed by atoms with Gasteiger partial charge in [0.1, 0.15) is 0 Å². The molecular weight excluding hydrogens is 376 g/mol. The molecule has 8 nitrogen and oxygen atoms in total. The summed E-state index contributed by atoms with van der Waals surface area (Å²) in [6.07, 6.45) is 0.541. The van der Waals surface area contributed by atoms with E-state index >= 15 is 0 Å². The largest absolute Gasteiger partial charge is 0.478 e. The zero-order chi connectivity index (χ0) is 21.4. The van der Waals surface area contributed by atoms with Crippen molar-refractivity contribution in [3.8, 4) is 0 Å². The van der Waals surface area contributed by atoms with E-state index in [0.717, 1.165) is 11.1 Å². The van der Waals surface area contributed by atoms with Crippen LogP contribution in [0.5, 0.6) is 0 Å². The van der Waals surface area contributed by atoms with E-state index in [-0.39, 0.29) is 23.3 Å². The van der Waals surface area contributed by atoms with Crippen molar-refractivity contribution in [3.05, 3.63) is 69.8 Å². The number of hydrogen-bond acceptors (Lipinski definition) is 5. The number of carboxylic acid groups (broad SMARTS) is 2. The van der Waals surface area contributed by atoms with Crippen LogP contribution in [0, 0.1) is 13.8 Å². The molecule has 0 aromatic heterocycles. The third-order valence-electron chi connectivity index (χ3n) is 4.21. The summed E-state index contributed by atoms with van der Waals surface area (Å²) in [6.45, 7) is 4.50. The molecule has 0 fully saturated rings. The maximum absolute atomic E-state index is 12.2. The second-order valence-corrected chi connectivity index (χ2v) is 6.61. The van der Waals surface area contributed by atoms with Gasteiger partial charge in [-0.05, 0) is 44.0 Å². The highest BCUT2D eigenvalue weighted by Crippen LogP contribution is 2.13. The van der Waals surface area contributed by atoms with Gasteiger partial charge in [-0.1, -0.05) is 29.3 Å². The van der Waals surface area contributed by atoms with Gasteiger partial charge in [-0.2, -0.15) is 0 Å². The van der Waals surface area contributed by atoms with Gasteiger partial charge in [0.15, 0.2) is 0 Å². The highest BCUT2D eigenvalue weighted by atomic mass is 16.6. The zero-order valence-electron chi connectivity index (χ0n) is 16.3. The van der Waals surface area contributed by atoms with E-state index < -0.39 is 17.8 Å². The molecule has 0 atom stereocenters. The molecular formula is C21H24N2O6. The predicted octanol–water partition coefficient (Wildman–Crippen LogP) is 2.54. The van der Waals surface area contributed by atoms with Crippen LogP contribution in [0.1, 0.15) is 54.2 Å². The fourth-order valence-corrected chi connectivity index (χ4v) is 2.74. The van der Waals surface area contributed by atoms with E-state index in [4.69, 9.17) is 4.84 Å². The molecule has 2 aromatic carbocycles. The lowest BCUT2D eigenvalue weighted by molar-refractivity contribution is 0.0266. The second kappa shape index (κ2) is 10.4. The van der Waals surface area contributed by atoms with Gasteiger partial charge in [-0.25, -0.2) is 15.1 Å². The van der Waals surface area contributed by atoms with E-state index in [1.165, 1.54) is 6.07 Å². The number of hydrogen-bond donors (Lipinski definition) is 4. The predicted molar refractivity (Wildman–Crippen MR) is 106 cm³/mol. The van der Waals surface area contributed by atoms with Crippen LogP contribution in [-0.2, 0) is 11.4 Å². The molecule has 154 valence electrons. The first-order valence-corrected chi connectivity index (χ1v) is 9.09. The highest BCUT2D eigenvalue weighted by molar-refractivity contribution is 6.04. The van der Waals surface area contributed by atoms with Gasteiger partial charge in [0.25, 0.3) is 5.91 Å². The van der Waals surface area contributed by atoms with Crippen molar-refractivity contribution in [3.63, 3.8) is 0 Å². The molecule has 0 saturated heterocycles. The number of nitrogens with one attached hydrogen (secondary N) is 2. The van der Waals surface area contributed by atoms with E-state index in [2.05, 4.69) is 10.8 Å². The van der Waals surface area contributed by atoms with Crippen LogP contribution in [0.15, 0.2) is 36.4 Å². The monoisotopic (exact) mass is 400 g/mol. The molecule has 0 unspecified atom stereocenters. The number of carbonyl (C=O) groups excluding carboxylic acids is 1. The van der Waals surface area contributed by atoms with Crippen molar-refractivity contribution in [1.29, 1.82) is 0 Å². The van der Waals surface area contributed by atoms with Crippen LogP contribution in [-0.4, -0.2) is 41.1 Å². The average molecular weight is 400 g/mol. The maximum atomic E-state index is 12.2. The van der Waals surface area contributed by atoms with Crippen molar-refractivity contribution < 1.29 is 29.4 Å². The van der Waals surface area contributed by atoms with Gasteiger partial charge < -0.3 is 15.5 Å². The number of carbonyl (C=O) groups is 3. The number of aryl methyl sites for hydroxylation is 2. The summed E-state index contributed by atoms with van der Waals surface area (Å²) in [4.78, 5) is 40.0. The number of benzene rings is 2. The van der Waals surface area contributed by atoms with Gasteiger partial charge in [0.05, 0.1) is 23.3 Å². The van der Waals surface area contributed by atoms with Gasteiger partial charge in [0.2, 0.25) is 0 Å².